The lowest BCUT2D eigenvalue weighted by molar-refractivity contribution is -0.137. The van der Waals surface area contributed by atoms with Gasteiger partial charge < -0.3 is 15.4 Å². The molecule has 1 aliphatic heterocycles. The summed E-state index contributed by atoms with van der Waals surface area (Å²) in [7, 11) is 0. The first-order valence-electron chi connectivity index (χ1n) is 6.19. The zero-order valence-electron chi connectivity index (χ0n) is 11.1. The second-order valence-electron chi connectivity index (χ2n) is 4.70. The molecule has 0 aromatic heterocycles. The highest BCUT2D eigenvalue weighted by molar-refractivity contribution is 5.85. The number of hydrogen-bond acceptors (Lipinski definition) is 3. The lowest BCUT2D eigenvalue weighted by Crippen LogP contribution is -2.35. The van der Waals surface area contributed by atoms with Gasteiger partial charge in [0.05, 0.1) is 5.56 Å². The first-order chi connectivity index (χ1) is 9.36. The zero-order valence-corrected chi connectivity index (χ0v) is 11.9. The molecule has 1 aromatic carbocycles. The maximum atomic E-state index is 12.5. The molecule has 0 aliphatic carbocycles. The lowest BCUT2D eigenvalue weighted by atomic mass is 10.2. The minimum atomic E-state index is -4.43. The Hall–Kier alpha value is -1.47. The van der Waals surface area contributed by atoms with Gasteiger partial charge in [-0.25, -0.2) is 0 Å². The molecule has 1 heterocycles. The molecule has 4 nitrogen and oxygen atoms in total. The van der Waals surface area contributed by atoms with Crippen LogP contribution in [0.3, 0.4) is 0 Å². The van der Waals surface area contributed by atoms with Crippen LogP contribution in [0.15, 0.2) is 24.3 Å². The summed E-state index contributed by atoms with van der Waals surface area (Å²) in [5.41, 5.74) is 4.88. The number of amides is 1. The number of ether oxygens (including phenoxy) is 1. The predicted molar refractivity (Wildman–Crippen MR) is 73.4 cm³/mol. The van der Waals surface area contributed by atoms with E-state index in [2.05, 4.69) is 0 Å². The van der Waals surface area contributed by atoms with Gasteiger partial charge in [0, 0.05) is 19.1 Å². The molecule has 1 saturated heterocycles. The standard InChI is InChI=1S/C13H15F3N2O2.ClH/c14-13(15,16)9-2-1-3-11(6-9)20-8-12(19)18-5-4-10(17)7-18;/h1-3,6,10H,4-5,7-8,17H2;1H/t10-;/m1./s1. The molecule has 2 rings (SSSR count). The minimum Gasteiger partial charge on any atom is -0.484 e. The number of rotatable bonds is 3. The molecule has 1 fully saturated rings. The molecule has 2 N–H and O–H groups in total. The third kappa shape index (κ3) is 4.78. The van der Waals surface area contributed by atoms with E-state index in [1.807, 2.05) is 0 Å². The maximum Gasteiger partial charge on any atom is 0.416 e. The van der Waals surface area contributed by atoms with Crippen LogP contribution in [0.25, 0.3) is 0 Å². The Morgan fingerprint density at radius 3 is 2.71 bits per heavy atom. The highest BCUT2D eigenvalue weighted by atomic mass is 35.5. The molecular formula is C13H16ClF3N2O2. The molecule has 0 unspecified atom stereocenters. The van der Waals surface area contributed by atoms with Crippen LogP contribution < -0.4 is 10.5 Å². The molecule has 21 heavy (non-hydrogen) atoms. The number of alkyl halides is 3. The van der Waals surface area contributed by atoms with Crippen LogP contribution in [0.1, 0.15) is 12.0 Å². The number of halogens is 4. The Balaban J connectivity index is 0.00000220. The number of benzene rings is 1. The summed E-state index contributed by atoms with van der Waals surface area (Å²) in [6.07, 6.45) is -3.69. The van der Waals surface area contributed by atoms with Crippen molar-refractivity contribution in [3.63, 3.8) is 0 Å². The highest BCUT2D eigenvalue weighted by Crippen LogP contribution is 2.31. The fourth-order valence-corrected chi connectivity index (χ4v) is 2.01. The van der Waals surface area contributed by atoms with Crippen molar-refractivity contribution in [3.8, 4) is 5.75 Å². The van der Waals surface area contributed by atoms with Crippen molar-refractivity contribution in [2.45, 2.75) is 18.6 Å². The van der Waals surface area contributed by atoms with Crippen LogP contribution in [0.5, 0.6) is 5.75 Å². The molecule has 1 aromatic rings. The molecule has 1 amide bonds. The van der Waals surface area contributed by atoms with Crippen molar-refractivity contribution >= 4 is 18.3 Å². The van der Waals surface area contributed by atoms with E-state index in [1.54, 1.807) is 4.90 Å². The van der Waals surface area contributed by atoms with E-state index in [4.69, 9.17) is 10.5 Å². The summed E-state index contributed by atoms with van der Waals surface area (Å²) >= 11 is 0. The SMILES string of the molecule is Cl.N[C@@H]1CCN(C(=O)COc2cccc(C(F)(F)F)c2)C1. The molecule has 118 valence electrons. The van der Waals surface area contributed by atoms with Gasteiger partial charge in [-0.2, -0.15) is 13.2 Å². The van der Waals surface area contributed by atoms with Gasteiger partial charge in [-0.1, -0.05) is 6.07 Å². The Morgan fingerprint density at radius 1 is 1.43 bits per heavy atom. The van der Waals surface area contributed by atoms with Crippen molar-refractivity contribution in [1.82, 2.24) is 4.90 Å². The van der Waals surface area contributed by atoms with Crippen LogP contribution in [0.4, 0.5) is 13.2 Å². The van der Waals surface area contributed by atoms with Gasteiger partial charge in [0.25, 0.3) is 5.91 Å². The van der Waals surface area contributed by atoms with Gasteiger partial charge in [-0.05, 0) is 24.6 Å². The van der Waals surface area contributed by atoms with Crippen molar-refractivity contribution in [3.05, 3.63) is 29.8 Å². The second kappa shape index (κ2) is 7.00. The number of nitrogens with two attached hydrogens (primary N) is 1. The Bertz CT molecular complexity index is 497. The van der Waals surface area contributed by atoms with Gasteiger partial charge in [0.15, 0.2) is 6.61 Å². The predicted octanol–water partition coefficient (Wildman–Crippen LogP) is 2.07. The summed E-state index contributed by atoms with van der Waals surface area (Å²) in [6, 6.07) is 4.43. The second-order valence-corrected chi connectivity index (χ2v) is 4.70. The zero-order chi connectivity index (χ0) is 14.8. The Morgan fingerprint density at radius 2 is 2.14 bits per heavy atom. The van der Waals surface area contributed by atoms with E-state index >= 15 is 0 Å². The number of carbonyl (C=O) groups excluding carboxylic acids is 1. The van der Waals surface area contributed by atoms with Crippen molar-refractivity contribution in [2.75, 3.05) is 19.7 Å². The molecule has 0 saturated carbocycles. The number of nitrogens with zero attached hydrogens (tertiary/aromatic N) is 1. The largest absolute Gasteiger partial charge is 0.484 e. The van der Waals surface area contributed by atoms with Crippen LogP contribution >= 0.6 is 12.4 Å². The fourth-order valence-electron chi connectivity index (χ4n) is 2.01. The van der Waals surface area contributed by atoms with E-state index in [0.29, 0.717) is 13.1 Å². The van der Waals surface area contributed by atoms with Gasteiger partial charge in [-0.3, -0.25) is 4.79 Å². The third-order valence-electron chi connectivity index (χ3n) is 3.10. The summed E-state index contributed by atoms with van der Waals surface area (Å²) in [5, 5.41) is 0. The van der Waals surface area contributed by atoms with E-state index in [-0.39, 0.29) is 36.7 Å². The molecule has 1 atom stereocenters. The van der Waals surface area contributed by atoms with Crippen LogP contribution in [-0.4, -0.2) is 36.5 Å². The monoisotopic (exact) mass is 324 g/mol. The fraction of sp³-hybridized carbons (Fsp3) is 0.462. The van der Waals surface area contributed by atoms with Crippen LogP contribution in [-0.2, 0) is 11.0 Å². The lowest BCUT2D eigenvalue weighted by Gasteiger charge is -2.16. The van der Waals surface area contributed by atoms with Crippen LogP contribution in [0.2, 0.25) is 0 Å². The highest BCUT2D eigenvalue weighted by Gasteiger charge is 2.30. The van der Waals surface area contributed by atoms with E-state index < -0.39 is 11.7 Å². The molecule has 8 heteroatoms. The minimum absolute atomic E-state index is 0. The summed E-state index contributed by atoms with van der Waals surface area (Å²) < 4.78 is 42.7. The van der Waals surface area contributed by atoms with E-state index in [0.717, 1.165) is 18.6 Å². The maximum absolute atomic E-state index is 12.5. The van der Waals surface area contributed by atoms with Gasteiger partial charge in [0.1, 0.15) is 5.75 Å². The summed E-state index contributed by atoms with van der Waals surface area (Å²) in [6.45, 7) is 0.741. The Kier molecular flexibility index (Phi) is 5.86. The molecule has 0 spiro atoms. The van der Waals surface area contributed by atoms with Crippen molar-refractivity contribution in [1.29, 1.82) is 0 Å². The normalized spacial score (nSPS) is 18.3. The molecule has 0 bridgehead atoms. The smallest absolute Gasteiger partial charge is 0.416 e. The topological polar surface area (TPSA) is 55.6 Å². The molecule has 0 radical (unpaired) electrons. The first kappa shape index (κ1) is 17.6. The van der Waals surface area contributed by atoms with Crippen molar-refractivity contribution < 1.29 is 22.7 Å². The van der Waals surface area contributed by atoms with E-state index in [9.17, 15) is 18.0 Å². The number of carbonyl (C=O) groups is 1. The summed E-state index contributed by atoms with van der Waals surface area (Å²) in [4.78, 5) is 13.3. The van der Waals surface area contributed by atoms with Gasteiger partial charge >= 0.3 is 6.18 Å². The van der Waals surface area contributed by atoms with Gasteiger partial charge in [0.2, 0.25) is 0 Å². The van der Waals surface area contributed by atoms with Crippen LogP contribution in [0, 0.1) is 0 Å². The average Bonchev–Trinajstić information content (AvgIpc) is 2.82. The van der Waals surface area contributed by atoms with Crippen molar-refractivity contribution in [2.24, 2.45) is 5.73 Å². The molecular weight excluding hydrogens is 309 g/mol. The third-order valence-corrected chi connectivity index (χ3v) is 3.10. The summed E-state index contributed by atoms with van der Waals surface area (Å²) in [5.74, 6) is -0.243. The van der Waals surface area contributed by atoms with Gasteiger partial charge in [-0.15, -0.1) is 12.4 Å². The molecule has 1 aliphatic rings. The quantitative estimate of drug-likeness (QED) is 0.926. The Labute approximate surface area is 126 Å². The first-order valence-corrected chi connectivity index (χ1v) is 6.19. The number of hydrogen-bond donors (Lipinski definition) is 1. The number of likely N-dealkylation sites (tertiary alicyclic amines) is 1. The van der Waals surface area contributed by atoms with E-state index in [1.165, 1.54) is 12.1 Å². The average molecular weight is 325 g/mol.